The molecule has 0 aliphatic carbocycles. The molecule has 3 heterocycles. The lowest BCUT2D eigenvalue weighted by atomic mass is 10.1. The Morgan fingerprint density at radius 1 is 1.44 bits per heavy atom. The summed E-state index contributed by atoms with van der Waals surface area (Å²) in [4.78, 5) is 30.3. The van der Waals surface area contributed by atoms with Crippen LogP contribution in [0.25, 0.3) is 0 Å². The van der Waals surface area contributed by atoms with E-state index < -0.39 is 6.04 Å². The molecule has 1 aliphatic heterocycles. The highest BCUT2D eigenvalue weighted by molar-refractivity contribution is 7.09. The van der Waals surface area contributed by atoms with Crippen LogP contribution in [0.1, 0.15) is 24.0 Å². The lowest BCUT2D eigenvalue weighted by Crippen LogP contribution is -2.56. The van der Waals surface area contributed by atoms with Crippen molar-refractivity contribution in [1.82, 2.24) is 15.1 Å². The van der Waals surface area contributed by atoms with Gasteiger partial charge in [0.15, 0.2) is 0 Å². The summed E-state index contributed by atoms with van der Waals surface area (Å²) in [5, 5.41) is 4.90. The monoisotopic (exact) mass is 385 g/mol. The van der Waals surface area contributed by atoms with Crippen LogP contribution in [0, 0.1) is 11.8 Å². The Balaban J connectivity index is 1.70. The summed E-state index contributed by atoms with van der Waals surface area (Å²) < 4.78 is 5.37. The second-order valence-electron chi connectivity index (χ2n) is 6.32. The number of carbonyl (C=O) groups is 2. The van der Waals surface area contributed by atoms with Crippen LogP contribution in [0.2, 0.25) is 0 Å². The summed E-state index contributed by atoms with van der Waals surface area (Å²) in [6.07, 6.45) is 1.71. The van der Waals surface area contributed by atoms with Crippen molar-refractivity contribution in [2.24, 2.45) is 0 Å². The van der Waals surface area contributed by atoms with Gasteiger partial charge in [0.05, 0.1) is 31.8 Å². The standard InChI is InChI=1S/C20H23N3O3S/c1-2-3-9-23(14-16-6-4-11-26-16)19(24)13-18-20(25)21-8-10-22(18)15-17-7-5-12-27-17/h4-7,11-12,18H,8-10,13-15H2,1H3,(H,21,25). The Morgan fingerprint density at radius 3 is 3.04 bits per heavy atom. The third kappa shape index (κ3) is 5.22. The third-order valence-electron chi connectivity index (χ3n) is 4.47. The molecule has 0 spiro atoms. The SMILES string of the molecule is CC#CCN(Cc1ccco1)C(=O)CC1C(=O)NCCN1Cc1cccs1. The first kappa shape index (κ1) is 19.2. The Hall–Kier alpha value is -2.56. The number of hydrogen-bond donors (Lipinski definition) is 1. The van der Waals surface area contributed by atoms with Gasteiger partial charge >= 0.3 is 0 Å². The predicted molar refractivity (Wildman–Crippen MR) is 104 cm³/mol. The van der Waals surface area contributed by atoms with E-state index >= 15 is 0 Å². The normalized spacial score (nSPS) is 17.1. The fourth-order valence-electron chi connectivity index (χ4n) is 3.07. The van der Waals surface area contributed by atoms with Gasteiger partial charge in [-0.2, -0.15) is 0 Å². The van der Waals surface area contributed by atoms with Gasteiger partial charge in [0.1, 0.15) is 5.76 Å². The first-order valence-corrected chi connectivity index (χ1v) is 9.79. The fraction of sp³-hybridized carbons (Fsp3) is 0.400. The molecule has 1 fully saturated rings. The first-order valence-electron chi connectivity index (χ1n) is 8.91. The van der Waals surface area contributed by atoms with E-state index in [1.54, 1.807) is 35.5 Å². The van der Waals surface area contributed by atoms with Crippen molar-refractivity contribution in [3.8, 4) is 11.8 Å². The number of furan rings is 1. The second kappa shape index (κ2) is 9.40. The van der Waals surface area contributed by atoms with Gasteiger partial charge in [0.25, 0.3) is 0 Å². The zero-order valence-corrected chi connectivity index (χ0v) is 16.1. The minimum absolute atomic E-state index is 0.0920. The number of amides is 2. The summed E-state index contributed by atoms with van der Waals surface area (Å²) in [6.45, 7) is 4.42. The van der Waals surface area contributed by atoms with Crippen molar-refractivity contribution in [3.63, 3.8) is 0 Å². The molecule has 1 unspecified atom stereocenters. The number of nitrogens with one attached hydrogen (secondary N) is 1. The van der Waals surface area contributed by atoms with Gasteiger partial charge in [0, 0.05) is 24.5 Å². The number of nitrogens with zero attached hydrogens (tertiary/aromatic N) is 2. The molecule has 2 amide bonds. The Morgan fingerprint density at radius 2 is 2.33 bits per heavy atom. The highest BCUT2D eigenvalue weighted by Gasteiger charge is 2.33. The van der Waals surface area contributed by atoms with E-state index in [9.17, 15) is 9.59 Å². The van der Waals surface area contributed by atoms with E-state index in [0.29, 0.717) is 31.9 Å². The van der Waals surface area contributed by atoms with Crippen LogP contribution in [0.5, 0.6) is 0 Å². The lowest BCUT2D eigenvalue weighted by Gasteiger charge is -2.35. The van der Waals surface area contributed by atoms with Crippen molar-refractivity contribution in [2.75, 3.05) is 19.6 Å². The number of rotatable bonds is 7. The van der Waals surface area contributed by atoms with Crippen molar-refractivity contribution < 1.29 is 14.0 Å². The van der Waals surface area contributed by atoms with Crippen molar-refractivity contribution >= 4 is 23.2 Å². The van der Waals surface area contributed by atoms with E-state index in [1.807, 2.05) is 17.5 Å². The molecule has 7 heteroatoms. The van der Waals surface area contributed by atoms with Crippen molar-refractivity contribution in [3.05, 3.63) is 46.5 Å². The fourth-order valence-corrected chi connectivity index (χ4v) is 3.80. The molecule has 0 radical (unpaired) electrons. The summed E-state index contributed by atoms with van der Waals surface area (Å²) in [5.74, 6) is 6.26. The topological polar surface area (TPSA) is 65.8 Å². The maximum absolute atomic E-state index is 12.9. The van der Waals surface area contributed by atoms with E-state index in [4.69, 9.17) is 4.42 Å². The first-order chi connectivity index (χ1) is 13.2. The second-order valence-corrected chi connectivity index (χ2v) is 7.35. The maximum Gasteiger partial charge on any atom is 0.237 e. The van der Waals surface area contributed by atoms with Crippen LogP contribution in [0.4, 0.5) is 0 Å². The Bertz CT molecular complexity index is 805. The molecule has 0 saturated carbocycles. The van der Waals surface area contributed by atoms with Gasteiger partial charge in [-0.1, -0.05) is 12.0 Å². The van der Waals surface area contributed by atoms with Gasteiger partial charge in [-0.3, -0.25) is 14.5 Å². The summed E-state index contributed by atoms with van der Waals surface area (Å²) in [6, 6.07) is 7.20. The molecular formula is C20H23N3O3S. The molecule has 1 aliphatic rings. The van der Waals surface area contributed by atoms with Crippen molar-refractivity contribution in [2.45, 2.75) is 32.5 Å². The zero-order valence-electron chi connectivity index (χ0n) is 15.3. The molecule has 1 saturated heterocycles. The van der Waals surface area contributed by atoms with Crippen LogP contribution >= 0.6 is 11.3 Å². The minimum Gasteiger partial charge on any atom is -0.467 e. The minimum atomic E-state index is -0.470. The number of piperazine rings is 1. The van der Waals surface area contributed by atoms with Gasteiger partial charge < -0.3 is 14.6 Å². The quantitative estimate of drug-likeness (QED) is 0.741. The van der Waals surface area contributed by atoms with Gasteiger partial charge in [-0.15, -0.1) is 17.3 Å². The maximum atomic E-state index is 12.9. The predicted octanol–water partition coefficient (Wildman–Crippen LogP) is 2.08. The number of thiophene rings is 1. The molecule has 0 bridgehead atoms. The van der Waals surface area contributed by atoms with E-state index in [-0.39, 0.29) is 18.2 Å². The molecule has 1 N–H and O–H groups in total. The molecule has 0 aromatic carbocycles. The van der Waals surface area contributed by atoms with Crippen LogP contribution in [0.3, 0.4) is 0 Å². The molecule has 1 atom stereocenters. The Kier molecular flexibility index (Phi) is 6.69. The Labute approximate surface area is 163 Å². The highest BCUT2D eigenvalue weighted by atomic mass is 32.1. The van der Waals surface area contributed by atoms with Crippen LogP contribution in [-0.4, -0.2) is 47.3 Å². The lowest BCUT2D eigenvalue weighted by molar-refractivity contribution is -0.139. The van der Waals surface area contributed by atoms with E-state index in [1.165, 1.54) is 4.88 Å². The van der Waals surface area contributed by atoms with E-state index in [0.717, 1.165) is 6.54 Å². The molecule has 6 nitrogen and oxygen atoms in total. The average Bonchev–Trinajstić information content (AvgIpc) is 3.35. The van der Waals surface area contributed by atoms with Gasteiger partial charge in [-0.05, 0) is 30.5 Å². The molecular weight excluding hydrogens is 362 g/mol. The highest BCUT2D eigenvalue weighted by Crippen LogP contribution is 2.18. The molecule has 2 aromatic heterocycles. The van der Waals surface area contributed by atoms with E-state index in [2.05, 4.69) is 28.1 Å². The summed E-state index contributed by atoms with van der Waals surface area (Å²) in [7, 11) is 0. The molecule has 3 rings (SSSR count). The zero-order chi connectivity index (χ0) is 19.1. The van der Waals surface area contributed by atoms with Gasteiger partial charge in [-0.25, -0.2) is 0 Å². The summed E-state index contributed by atoms with van der Waals surface area (Å²) in [5.41, 5.74) is 0. The van der Waals surface area contributed by atoms with Crippen LogP contribution in [-0.2, 0) is 22.7 Å². The van der Waals surface area contributed by atoms with Crippen LogP contribution < -0.4 is 5.32 Å². The average molecular weight is 385 g/mol. The molecule has 27 heavy (non-hydrogen) atoms. The molecule has 2 aromatic rings. The van der Waals surface area contributed by atoms with Crippen LogP contribution in [0.15, 0.2) is 40.3 Å². The van der Waals surface area contributed by atoms with Gasteiger partial charge in [0.2, 0.25) is 11.8 Å². The third-order valence-corrected chi connectivity index (χ3v) is 5.34. The largest absolute Gasteiger partial charge is 0.467 e. The molecule has 142 valence electrons. The summed E-state index contributed by atoms with van der Waals surface area (Å²) >= 11 is 1.66. The number of carbonyl (C=O) groups excluding carboxylic acids is 2. The smallest absolute Gasteiger partial charge is 0.237 e. The number of hydrogen-bond acceptors (Lipinski definition) is 5. The van der Waals surface area contributed by atoms with Crippen molar-refractivity contribution in [1.29, 1.82) is 0 Å².